The first-order chi connectivity index (χ1) is 15.5. The summed E-state index contributed by atoms with van der Waals surface area (Å²) in [5.41, 5.74) is 1.61. The fourth-order valence-corrected chi connectivity index (χ4v) is 3.10. The summed E-state index contributed by atoms with van der Waals surface area (Å²) < 4.78 is 19.2. The molecule has 0 radical (unpaired) electrons. The van der Waals surface area contributed by atoms with Gasteiger partial charge in [-0.3, -0.25) is 9.59 Å². The SMILES string of the molecule is CN(CCNC(=O)c1ccccc1OCC(=O)Nc1ccccc1F)Cc1ccccc1. The number of benzene rings is 3. The minimum Gasteiger partial charge on any atom is -0.483 e. The van der Waals surface area contributed by atoms with Gasteiger partial charge in [-0.1, -0.05) is 54.6 Å². The van der Waals surface area contributed by atoms with E-state index in [1.165, 1.54) is 23.8 Å². The molecule has 2 N–H and O–H groups in total. The third-order valence-corrected chi connectivity index (χ3v) is 4.71. The maximum Gasteiger partial charge on any atom is 0.262 e. The third-order valence-electron chi connectivity index (χ3n) is 4.71. The van der Waals surface area contributed by atoms with Crippen molar-refractivity contribution in [2.24, 2.45) is 0 Å². The van der Waals surface area contributed by atoms with Gasteiger partial charge in [0, 0.05) is 19.6 Å². The van der Waals surface area contributed by atoms with Gasteiger partial charge in [-0.25, -0.2) is 4.39 Å². The summed E-state index contributed by atoms with van der Waals surface area (Å²) in [6, 6.07) is 22.7. The number of carbonyl (C=O) groups is 2. The molecule has 0 spiro atoms. The molecule has 3 aromatic rings. The van der Waals surface area contributed by atoms with Crippen molar-refractivity contribution in [2.45, 2.75) is 6.54 Å². The number of anilines is 1. The normalized spacial score (nSPS) is 10.6. The fraction of sp³-hybridized carbons (Fsp3) is 0.200. The van der Waals surface area contributed by atoms with E-state index in [1.54, 1.807) is 30.3 Å². The predicted molar refractivity (Wildman–Crippen MR) is 122 cm³/mol. The van der Waals surface area contributed by atoms with Gasteiger partial charge < -0.3 is 20.3 Å². The highest BCUT2D eigenvalue weighted by molar-refractivity contribution is 5.97. The van der Waals surface area contributed by atoms with Gasteiger partial charge in [0.05, 0.1) is 11.3 Å². The second-order valence-electron chi connectivity index (χ2n) is 7.29. The average Bonchev–Trinajstić information content (AvgIpc) is 2.80. The first-order valence-corrected chi connectivity index (χ1v) is 10.3. The molecule has 32 heavy (non-hydrogen) atoms. The highest BCUT2D eigenvalue weighted by Gasteiger charge is 2.14. The first kappa shape index (κ1) is 23.0. The van der Waals surface area contributed by atoms with Crippen LogP contribution in [0.4, 0.5) is 10.1 Å². The molecule has 0 unspecified atom stereocenters. The Balaban J connectivity index is 1.48. The lowest BCUT2D eigenvalue weighted by Gasteiger charge is -2.17. The summed E-state index contributed by atoms with van der Waals surface area (Å²) >= 11 is 0. The van der Waals surface area contributed by atoms with Crippen LogP contribution in [-0.4, -0.2) is 43.5 Å². The van der Waals surface area contributed by atoms with Crippen LogP contribution in [0.25, 0.3) is 0 Å². The van der Waals surface area contributed by atoms with E-state index < -0.39 is 11.7 Å². The van der Waals surface area contributed by atoms with Crippen molar-refractivity contribution in [2.75, 3.05) is 32.1 Å². The average molecular weight is 435 g/mol. The minimum absolute atomic E-state index is 0.0757. The molecule has 0 heterocycles. The van der Waals surface area contributed by atoms with Crippen molar-refractivity contribution in [1.29, 1.82) is 0 Å². The van der Waals surface area contributed by atoms with E-state index in [1.807, 2.05) is 25.2 Å². The van der Waals surface area contributed by atoms with E-state index in [0.29, 0.717) is 18.7 Å². The Kier molecular flexibility index (Phi) is 8.34. The molecule has 0 aromatic heterocycles. The maximum atomic E-state index is 13.7. The smallest absolute Gasteiger partial charge is 0.262 e. The molecule has 0 fully saturated rings. The van der Waals surface area contributed by atoms with Crippen molar-refractivity contribution in [3.63, 3.8) is 0 Å². The van der Waals surface area contributed by atoms with E-state index in [0.717, 1.165) is 6.54 Å². The quantitative estimate of drug-likeness (QED) is 0.509. The van der Waals surface area contributed by atoms with Gasteiger partial charge in [-0.2, -0.15) is 0 Å². The number of nitrogens with zero attached hydrogens (tertiary/aromatic N) is 1. The van der Waals surface area contributed by atoms with Crippen molar-refractivity contribution >= 4 is 17.5 Å². The van der Waals surface area contributed by atoms with E-state index in [-0.39, 0.29) is 24.0 Å². The van der Waals surface area contributed by atoms with Crippen LogP contribution in [0.3, 0.4) is 0 Å². The Morgan fingerprint density at radius 2 is 1.62 bits per heavy atom. The summed E-state index contributed by atoms with van der Waals surface area (Å²) in [4.78, 5) is 26.8. The second-order valence-corrected chi connectivity index (χ2v) is 7.29. The van der Waals surface area contributed by atoms with Crippen LogP contribution in [0.5, 0.6) is 5.75 Å². The molecule has 0 saturated heterocycles. The van der Waals surface area contributed by atoms with Crippen LogP contribution in [-0.2, 0) is 11.3 Å². The summed E-state index contributed by atoms with van der Waals surface area (Å²) in [6.07, 6.45) is 0. The van der Waals surface area contributed by atoms with Crippen molar-refractivity contribution in [3.05, 3.63) is 95.8 Å². The van der Waals surface area contributed by atoms with Gasteiger partial charge in [0.25, 0.3) is 11.8 Å². The predicted octanol–water partition coefficient (Wildman–Crippen LogP) is 3.71. The zero-order valence-corrected chi connectivity index (χ0v) is 17.9. The summed E-state index contributed by atoms with van der Waals surface area (Å²) in [5, 5.41) is 5.33. The van der Waals surface area contributed by atoms with Crippen LogP contribution in [0.15, 0.2) is 78.9 Å². The summed E-state index contributed by atoms with van der Waals surface area (Å²) in [7, 11) is 1.99. The van der Waals surface area contributed by atoms with Crippen molar-refractivity contribution in [1.82, 2.24) is 10.2 Å². The third kappa shape index (κ3) is 6.92. The molecule has 0 atom stereocenters. The Hall–Kier alpha value is -3.71. The summed E-state index contributed by atoms with van der Waals surface area (Å²) in [6.45, 7) is 1.57. The van der Waals surface area contributed by atoms with Gasteiger partial charge in [0.15, 0.2) is 6.61 Å². The summed E-state index contributed by atoms with van der Waals surface area (Å²) in [5.74, 6) is -1.06. The Labute approximate surface area is 187 Å². The van der Waals surface area contributed by atoms with E-state index in [4.69, 9.17) is 4.74 Å². The molecule has 7 heteroatoms. The van der Waals surface area contributed by atoms with Gasteiger partial charge >= 0.3 is 0 Å². The minimum atomic E-state index is -0.530. The number of hydrogen-bond donors (Lipinski definition) is 2. The molecular formula is C25H26FN3O3. The van der Waals surface area contributed by atoms with Crippen LogP contribution in [0, 0.1) is 5.82 Å². The molecule has 0 bridgehead atoms. The largest absolute Gasteiger partial charge is 0.483 e. The molecule has 3 rings (SSSR count). The van der Waals surface area contributed by atoms with Crippen LogP contribution in [0.2, 0.25) is 0 Å². The number of amides is 2. The Morgan fingerprint density at radius 3 is 2.41 bits per heavy atom. The topological polar surface area (TPSA) is 70.7 Å². The van der Waals surface area contributed by atoms with Gasteiger partial charge in [0.2, 0.25) is 0 Å². The molecule has 3 aromatic carbocycles. The van der Waals surface area contributed by atoms with Gasteiger partial charge in [-0.15, -0.1) is 0 Å². The monoisotopic (exact) mass is 435 g/mol. The van der Waals surface area contributed by atoms with E-state index >= 15 is 0 Å². The molecular weight excluding hydrogens is 409 g/mol. The zero-order valence-electron chi connectivity index (χ0n) is 17.9. The number of carbonyl (C=O) groups excluding carboxylic acids is 2. The number of rotatable bonds is 10. The number of halogens is 1. The highest BCUT2D eigenvalue weighted by atomic mass is 19.1. The molecule has 0 aliphatic carbocycles. The zero-order chi connectivity index (χ0) is 22.8. The van der Waals surface area contributed by atoms with Crippen molar-refractivity contribution in [3.8, 4) is 5.75 Å². The molecule has 166 valence electrons. The standard InChI is InChI=1S/C25H26FN3O3/c1-29(17-19-9-3-2-4-10-19)16-15-27-25(31)20-11-5-8-14-23(20)32-18-24(30)28-22-13-7-6-12-21(22)26/h2-14H,15-18H2,1H3,(H,27,31)(H,28,30). The van der Waals surface area contributed by atoms with Crippen molar-refractivity contribution < 1.29 is 18.7 Å². The first-order valence-electron chi connectivity index (χ1n) is 10.3. The van der Waals surface area contributed by atoms with Gasteiger partial charge in [0.1, 0.15) is 11.6 Å². The lowest BCUT2D eigenvalue weighted by Crippen LogP contribution is -2.33. The Morgan fingerprint density at radius 1 is 0.938 bits per heavy atom. The number of ether oxygens (including phenoxy) is 1. The fourth-order valence-electron chi connectivity index (χ4n) is 3.10. The number of nitrogens with one attached hydrogen (secondary N) is 2. The van der Waals surface area contributed by atoms with E-state index in [2.05, 4.69) is 27.7 Å². The number of para-hydroxylation sites is 2. The molecule has 2 amide bonds. The van der Waals surface area contributed by atoms with Crippen LogP contribution >= 0.6 is 0 Å². The lowest BCUT2D eigenvalue weighted by atomic mass is 10.2. The highest BCUT2D eigenvalue weighted by Crippen LogP contribution is 2.18. The number of likely N-dealkylation sites (N-methyl/N-ethyl adjacent to an activating group) is 1. The second kappa shape index (κ2) is 11.6. The van der Waals surface area contributed by atoms with Crippen LogP contribution < -0.4 is 15.4 Å². The number of hydrogen-bond acceptors (Lipinski definition) is 4. The molecule has 6 nitrogen and oxygen atoms in total. The van der Waals surface area contributed by atoms with Gasteiger partial charge in [-0.05, 0) is 36.9 Å². The van der Waals surface area contributed by atoms with E-state index in [9.17, 15) is 14.0 Å². The maximum absolute atomic E-state index is 13.7. The molecule has 0 saturated carbocycles. The lowest BCUT2D eigenvalue weighted by molar-refractivity contribution is -0.118. The molecule has 0 aliphatic heterocycles. The molecule has 0 aliphatic rings. The Bertz CT molecular complexity index is 1040. The van der Waals surface area contributed by atoms with Crippen LogP contribution in [0.1, 0.15) is 15.9 Å².